The van der Waals surface area contributed by atoms with Crippen LogP contribution in [0.25, 0.3) is 0 Å². The van der Waals surface area contributed by atoms with Crippen LogP contribution in [0.15, 0.2) is 24.3 Å². The number of benzene rings is 1. The number of nitrogens with zero attached hydrogens (tertiary/aromatic N) is 1. The first-order chi connectivity index (χ1) is 11.6. The molecule has 1 saturated carbocycles. The van der Waals surface area contributed by atoms with Crippen molar-refractivity contribution in [3.63, 3.8) is 0 Å². The summed E-state index contributed by atoms with van der Waals surface area (Å²) in [5.74, 6) is 0.119. The molecule has 2 fully saturated rings. The van der Waals surface area contributed by atoms with Crippen molar-refractivity contribution in [3.05, 3.63) is 29.8 Å². The molecule has 2 atom stereocenters. The second-order valence-electron chi connectivity index (χ2n) is 7.82. The van der Waals surface area contributed by atoms with Crippen molar-refractivity contribution in [1.82, 2.24) is 16.2 Å². The van der Waals surface area contributed by atoms with Crippen molar-refractivity contribution in [1.29, 1.82) is 0 Å². The summed E-state index contributed by atoms with van der Waals surface area (Å²) in [5, 5.41) is 3.21. The van der Waals surface area contributed by atoms with E-state index < -0.39 is 0 Å². The smallest absolute Gasteiger partial charge is 0.239 e. The van der Waals surface area contributed by atoms with E-state index in [0.29, 0.717) is 6.54 Å². The van der Waals surface area contributed by atoms with Crippen LogP contribution in [0, 0.1) is 0 Å². The van der Waals surface area contributed by atoms with Gasteiger partial charge in [0.25, 0.3) is 0 Å². The molecule has 4 rings (SSSR count). The van der Waals surface area contributed by atoms with E-state index in [1.54, 1.807) is 0 Å². The number of rotatable bonds is 3. The van der Waals surface area contributed by atoms with E-state index in [1.807, 2.05) is 0 Å². The predicted octanol–water partition coefficient (Wildman–Crippen LogP) is 1.69. The Morgan fingerprint density at radius 2 is 1.88 bits per heavy atom. The average Bonchev–Trinajstić information content (AvgIpc) is 3.25. The van der Waals surface area contributed by atoms with E-state index in [1.165, 1.54) is 36.9 Å². The quantitative estimate of drug-likeness (QED) is 0.790. The van der Waals surface area contributed by atoms with Crippen LogP contribution in [-0.4, -0.2) is 37.1 Å². The number of anilines is 1. The van der Waals surface area contributed by atoms with E-state index in [0.717, 1.165) is 6.54 Å². The van der Waals surface area contributed by atoms with Gasteiger partial charge in [0.1, 0.15) is 0 Å². The Balaban J connectivity index is 1.48. The standard InChI is InChI=1S/C19H28N4O/c1-13-18(14(2)22-21-13)20-17(24)11-23-12-19(9-5-6-10-19)15-7-3-4-8-16(15)23/h3-4,7-8,13-14,18,21-22H,5-6,9-12H2,1-2H3,(H,20,24). The van der Waals surface area contributed by atoms with Gasteiger partial charge in [0.15, 0.2) is 0 Å². The molecule has 5 nitrogen and oxygen atoms in total. The van der Waals surface area contributed by atoms with E-state index in [-0.39, 0.29) is 29.4 Å². The summed E-state index contributed by atoms with van der Waals surface area (Å²) in [6.45, 7) is 5.64. The minimum absolute atomic E-state index is 0.119. The highest BCUT2D eigenvalue weighted by Gasteiger charge is 2.44. The number of hydrogen-bond donors (Lipinski definition) is 3. The Morgan fingerprint density at radius 3 is 2.58 bits per heavy atom. The van der Waals surface area contributed by atoms with Crippen molar-refractivity contribution >= 4 is 11.6 Å². The summed E-state index contributed by atoms with van der Waals surface area (Å²) in [7, 11) is 0. The molecule has 0 radical (unpaired) electrons. The number of nitrogens with one attached hydrogen (secondary N) is 3. The highest BCUT2D eigenvalue weighted by atomic mass is 16.2. The number of para-hydroxylation sites is 1. The lowest BCUT2D eigenvalue weighted by Crippen LogP contribution is -2.49. The molecule has 1 saturated heterocycles. The van der Waals surface area contributed by atoms with E-state index >= 15 is 0 Å². The maximum atomic E-state index is 12.7. The first kappa shape index (κ1) is 15.9. The molecule has 1 aromatic carbocycles. The Morgan fingerprint density at radius 1 is 1.21 bits per heavy atom. The summed E-state index contributed by atoms with van der Waals surface area (Å²) >= 11 is 0. The van der Waals surface area contributed by atoms with Gasteiger partial charge in [-0.15, -0.1) is 0 Å². The maximum Gasteiger partial charge on any atom is 0.239 e. The Kier molecular flexibility index (Phi) is 4.01. The molecule has 1 amide bonds. The van der Waals surface area contributed by atoms with Gasteiger partial charge in [-0.2, -0.15) is 0 Å². The number of fused-ring (bicyclic) bond motifs is 2. The number of hydrogen-bond acceptors (Lipinski definition) is 4. The fourth-order valence-corrected chi connectivity index (χ4v) is 4.88. The zero-order valence-corrected chi connectivity index (χ0v) is 14.6. The second-order valence-corrected chi connectivity index (χ2v) is 7.82. The van der Waals surface area contributed by atoms with Crippen LogP contribution in [0.3, 0.4) is 0 Å². The SMILES string of the molecule is CC1NNC(C)C1NC(=O)CN1CC2(CCCC2)c2ccccc21. The molecule has 0 aromatic heterocycles. The molecule has 2 unspecified atom stereocenters. The molecule has 3 aliphatic rings. The first-order valence-corrected chi connectivity index (χ1v) is 9.24. The average molecular weight is 328 g/mol. The summed E-state index contributed by atoms with van der Waals surface area (Å²) in [4.78, 5) is 14.9. The molecule has 3 N–H and O–H groups in total. The molecule has 1 aromatic rings. The van der Waals surface area contributed by atoms with Crippen LogP contribution in [0.1, 0.15) is 45.1 Å². The molecule has 0 bridgehead atoms. The van der Waals surface area contributed by atoms with Gasteiger partial charge in [-0.3, -0.25) is 15.6 Å². The van der Waals surface area contributed by atoms with Crippen molar-refractivity contribution in [3.8, 4) is 0 Å². The Hall–Kier alpha value is -1.59. The lowest BCUT2D eigenvalue weighted by molar-refractivity contribution is -0.120. The second kappa shape index (κ2) is 6.05. The van der Waals surface area contributed by atoms with Crippen molar-refractivity contribution in [2.45, 2.75) is 63.1 Å². The van der Waals surface area contributed by atoms with Crippen LogP contribution in [-0.2, 0) is 10.2 Å². The fraction of sp³-hybridized carbons (Fsp3) is 0.632. The van der Waals surface area contributed by atoms with Gasteiger partial charge in [0.2, 0.25) is 5.91 Å². The highest BCUT2D eigenvalue weighted by Crippen LogP contribution is 2.50. The van der Waals surface area contributed by atoms with E-state index in [2.05, 4.69) is 59.2 Å². The van der Waals surface area contributed by atoms with Crippen LogP contribution in [0.4, 0.5) is 5.69 Å². The Bertz CT molecular complexity index is 616. The van der Waals surface area contributed by atoms with Gasteiger partial charge < -0.3 is 10.2 Å². The number of amides is 1. The van der Waals surface area contributed by atoms with Gasteiger partial charge in [0, 0.05) is 29.7 Å². The maximum absolute atomic E-state index is 12.7. The lowest BCUT2D eigenvalue weighted by atomic mass is 9.81. The molecule has 2 heterocycles. The van der Waals surface area contributed by atoms with Crippen LogP contribution in [0.2, 0.25) is 0 Å². The van der Waals surface area contributed by atoms with Gasteiger partial charge in [-0.05, 0) is 38.3 Å². The molecule has 1 spiro atoms. The first-order valence-electron chi connectivity index (χ1n) is 9.24. The summed E-state index contributed by atoms with van der Waals surface area (Å²) in [6, 6.07) is 9.31. The topological polar surface area (TPSA) is 56.4 Å². The summed E-state index contributed by atoms with van der Waals surface area (Å²) < 4.78 is 0. The monoisotopic (exact) mass is 328 g/mol. The zero-order chi connectivity index (χ0) is 16.7. The van der Waals surface area contributed by atoms with Crippen LogP contribution in [0.5, 0.6) is 0 Å². The number of carbonyl (C=O) groups is 1. The molecule has 130 valence electrons. The Labute approximate surface area is 144 Å². The lowest BCUT2D eigenvalue weighted by Gasteiger charge is -2.26. The number of carbonyl (C=O) groups excluding carboxylic acids is 1. The molecule has 5 heteroatoms. The normalized spacial score (nSPS) is 30.8. The van der Waals surface area contributed by atoms with Crippen LogP contribution >= 0.6 is 0 Å². The molecular weight excluding hydrogens is 300 g/mol. The van der Waals surface area contributed by atoms with Gasteiger partial charge in [-0.25, -0.2) is 0 Å². The molecule has 1 aliphatic carbocycles. The van der Waals surface area contributed by atoms with Crippen molar-refractivity contribution < 1.29 is 4.79 Å². The summed E-state index contributed by atoms with van der Waals surface area (Å²) in [5.41, 5.74) is 9.40. The minimum atomic E-state index is 0.119. The summed E-state index contributed by atoms with van der Waals surface area (Å²) in [6.07, 6.45) is 5.13. The highest BCUT2D eigenvalue weighted by molar-refractivity contribution is 5.83. The third kappa shape index (κ3) is 2.60. The van der Waals surface area contributed by atoms with E-state index in [9.17, 15) is 4.79 Å². The largest absolute Gasteiger partial charge is 0.361 e. The van der Waals surface area contributed by atoms with Gasteiger partial charge in [-0.1, -0.05) is 31.0 Å². The third-order valence-corrected chi connectivity index (χ3v) is 6.15. The van der Waals surface area contributed by atoms with E-state index in [4.69, 9.17) is 0 Å². The number of hydrazine groups is 1. The van der Waals surface area contributed by atoms with Crippen LogP contribution < -0.4 is 21.1 Å². The third-order valence-electron chi connectivity index (χ3n) is 6.15. The fourth-order valence-electron chi connectivity index (χ4n) is 4.88. The molecular formula is C19H28N4O. The predicted molar refractivity (Wildman–Crippen MR) is 95.9 cm³/mol. The van der Waals surface area contributed by atoms with Gasteiger partial charge in [0.05, 0.1) is 12.6 Å². The molecule has 24 heavy (non-hydrogen) atoms. The zero-order valence-electron chi connectivity index (χ0n) is 14.6. The van der Waals surface area contributed by atoms with Crippen molar-refractivity contribution in [2.24, 2.45) is 0 Å². The molecule has 2 aliphatic heterocycles. The minimum Gasteiger partial charge on any atom is -0.361 e. The van der Waals surface area contributed by atoms with Crippen molar-refractivity contribution in [2.75, 3.05) is 18.0 Å². The van der Waals surface area contributed by atoms with Gasteiger partial charge >= 0.3 is 0 Å².